The molecule has 0 fully saturated rings. The number of hydrogen-bond acceptors (Lipinski definition) is 4. The fourth-order valence-electron chi connectivity index (χ4n) is 0.388. The zero-order chi connectivity index (χ0) is 9.07. The predicted octanol–water partition coefficient (Wildman–Crippen LogP) is -0.0348. The highest BCUT2D eigenvalue weighted by molar-refractivity contribution is 7.86. The van der Waals surface area contributed by atoms with Gasteiger partial charge in [0.1, 0.15) is 0 Å². The van der Waals surface area contributed by atoms with E-state index in [0.717, 1.165) is 6.92 Å². The zero-order valence-corrected chi connectivity index (χ0v) is 7.21. The van der Waals surface area contributed by atoms with E-state index in [4.69, 9.17) is 9.66 Å². The SMILES string of the molecule is CCC(O)OC(C)S(=O)(=O)O. The number of rotatable bonds is 4. The van der Waals surface area contributed by atoms with Crippen LogP contribution >= 0.6 is 0 Å². The second-order valence-corrected chi connectivity index (χ2v) is 3.78. The summed E-state index contributed by atoms with van der Waals surface area (Å²) in [6, 6.07) is 0. The van der Waals surface area contributed by atoms with E-state index >= 15 is 0 Å². The van der Waals surface area contributed by atoms with Gasteiger partial charge in [-0.2, -0.15) is 8.42 Å². The highest BCUT2D eigenvalue weighted by Gasteiger charge is 2.20. The summed E-state index contributed by atoms with van der Waals surface area (Å²) in [5.41, 5.74) is -1.38. The highest BCUT2D eigenvalue weighted by atomic mass is 32.2. The molecule has 0 saturated carbocycles. The molecular weight excluding hydrogens is 172 g/mol. The van der Waals surface area contributed by atoms with Crippen LogP contribution in [0.2, 0.25) is 0 Å². The molecule has 0 radical (unpaired) electrons. The van der Waals surface area contributed by atoms with Gasteiger partial charge in [-0.3, -0.25) is 4.55 Å². The molecule has 0 aromatic rings. The monoisotopic (exact) mass is 184 g/mol. The normalized spacial score (nSPS) is 17.8. The lowest BCUT2D eigenvalue weighted by Gasteiger charge is -2.13. The van der Waals surface area contributed by atoms with Gasteiger partial charge in [-0.25, -0.2) is 0 Å². The molecule has 0 bridgehead atoms. The summed E-state index contributed by atoms with van der Waals surface area (Å²) in [6.45, 7) is 2.77. The van der Waals surface area contributed by atoms with Gasteiger partial charge < -0.3 is 9.84 Å². The van der Waals surface area contributed by atoms with E-state index in [1.165, 1.54) is 0 Å². The van der Waals surface area contributed by atoms with Crippen LogP contribution in [0, 0.1) is 0 Å². The van der Waals surface area contributed by atoms with Gasteiger partial charge >= 0.3 is 0 Å². The fraction of sp³-hybridized carbons (Fsp3) is 1.00. The Labute approximate surface area is 65.7 Å². The third-order valence-electron chi connectivity index (χ3n) is 1.12. The minimum Gasteiger partial charge on any atom is -0.368 e. The van der Waals surface area contributed by atoms with Crippen LogP contribution in [0.5, 0.6) is 0 Å². The number of hydrogen-bond donors (Lipinski definition) is 2. The molecule has 0 rings (SSSR count). The minimum absolute atomic E-state index is 0.278. The Morgan fingerprint density at radius 2 is 2.00 bits per heavy atom. The topological polar surface area (TPSA) is 83.8 Å². The van der Waals surface area contributed by atoms with E-state index < -0.39 is 21.8 Å². The molecule has 0 aliphatic heterocycles. The van der Waals surface area contributed by atoms with Crippen molar-refractivity contribution in [3.05, 3.63) is 0 Å². The molecule has 2 atom stereocenters. The predicted molar refractivity (Wildman–Crippen MR) is 38.4 cm³/mol. The summed E-state index contributed by atoms with van der Waals surface area (Å²) < 4.78 is 33.5. The Hall–Kier alpha value is -0.170. The summed E-state index contributed by atoms with van der Waals surface area (Å²) in [4.78, 5) is 0. The van der Waals surface area contributed by atoms with Crippen LogP contribution < -0.4 is 0 Å². The van der Waals surface area contributed by atoms with Gasteiger partial charge in [-0.15, -0.1) is 0 Å². The average Bonchev–Trinajstić information content (AvgIpc) is 1.85. The van der Waals surface area contributed by atoms with Crippen LogP contribution in [0.4, 0.5) is 0 Å². The maximum Gasteiger partial charge on any atom is 0.292 e. The van der Waals surface area contributed by atoms with E-state index in [9.17, 15) is 8.42 Å². The molecule has 0 aromatic carbocycles. The van der Waals surface area contributed by atoms with Gasteiger partial charge in [-0.05, 0) is 13.3 Å². The molecule has 0 aliphatic rings. The first kappa shape index (κ1) is 10.8. The van der Waals surface area contributed by atoms with Crippen molar-refractivity contribution in [2.24, 2.45) is 0 Å². The van der Waals surface area contributed by atoms with Crippen molar-refractivity contribution in [2.45, 2.75) is 32.0 Å². The molecule has 11 heavy (non-hydrogen) atoms. The first-order chi connectivity index (χ1) is 4.88. The largest absolute Gasteiger partial charge is 0.368 e. The first-order valence-electron chi connectivity index (χ1n) is 3.17. The third kappa shape index (κ3) is 4.31. The Balaban J connectivity index is 3.98. The molecule has 5 nitrogen and oxygen atoms in total. The van der Waals surface area contributed by atoms with Gasteiger partial charge in [0.05, 0.1) is 0 Å². The smallest absolute Gasteiger partial charge is 0.292 e. The fourth-order valence-corrected chi connectivity index (χ4v) is 0.656. The maximum atomic E-state index is 10.3. The molecule has 0 aliphatic carbocycles. The van der Waals surface area contributed by atoms with Crippen LogP contribution in [0.15, 0.2) is 0 Å². The van der Waals surface area contributed by atoms with Crippen LogP contribution in [-0.4, -0.2) is 29.8 Å². The molecule has 0 amide bonds. The van der Waals surface area contributed by atoms with Crippen molar-refractivity contribution in [1.82, 2.24) is 0 Å². The summed E-state index contributed by atoms with van der Waals surface area (Å²) in [6.07, 6.45) is -0.869. The lowest BCUT2D eigenvalue weighted by atomic mass is 10.5. The van der Waals surface area contributed by atoms with Gasteiger partial charge in [0.25, 0.3) is 10.1 Å². The van der Waals surface area contributed by atoms with Gasteiger partial charge in [-0.1, -0.05) is 6.92 Å². The second-order valence-electron chi connectivity index (χ2n) is 2.08. The van der Waals surface area contributed by atoms with E-state index in [1.54, 1.807) is 6.92 Å². The van der Waals surface area contributed by atoms with Crippen molar-refractivity contribution in [3.63, 3.8) is 0 Å². The molecule has 0 heterocycles. The second kappa shape index (κ2) is 4.01. The minimum atomic E-state index is -4.19. The van der Waals surface area contributed by atoms with Crippen molar-refractivity contribution < 1.29 is 22.8 Å². The Kier molecular flexibility index (Phi) is 3.95. The highest BCUT2D eigenvalue weighted by Crippen LogP contribution is 2.04. The molecule has 0 saturated heterocycles. The van der Waals surface area contributed by atoms with Crippen molar-refractivity contribution in [1.29, 1.82) is 0 Å². The number of ether oxygens (including phenoxy) is 1. The third-order valence-corrected chi connectivity index (χ3v) is 2.07. The van der Waals surface area contributed by atoms with Crippen LogP contribution in [-0.2, 0) is 14.9 Å². The van der Waals surface area contributed by atoms with Crippen molar-refractivity contribution in [3.8, 4) is 0 Å². The standard InChI is InChI=1S/C5H12O5S/c1-3-5(6)10-4(2)11(7,8)9/h4-6H,3H2,1-2H3,(H,7,8,9). The van der Waals surface area contributed by atoms with Crippen LogP contribution in [0.25, 0.3) is 0 Å². The van der Waals surface area contributed by atoms with Crippen LogP contribution in [0.1, 0.15) is 20.3 Å². The zero-order valence-electron chi connectivity index (χ0n) is 6.39. The lowest BCUT2D eigenvalue weighted by molar-refractivity contribution is -0.110. The van der Waals surface area contributed by atoms with Gasteiger partial charge in [0.2, 0.25) is 0 Å². The number of aliphatic hydroxyl groups excluding tert-OH is 1. The van der Waals surface area contributed by atoms with Crippen LogP contribution in [0.3, 0.4) is 0 Å². The molecule has 68 valence electrons. The van der Waals surface area contributed by atoms with E-state index in [0.29, 0.717) is 0 Å². The van der Waals surface area contributed by atoms with E-state index in [-0.39, 0.29) is 6.42 Å². The van der Waals surface area contributed by atoms with E-state index in [1.807, 2.05) is 0 Å². The average molecular weight is 184 g/mol. The molecule has 0 spiro atoms. The number of aliphatic hydroxyl groups is 1. The molecule has 0 aromatic heterocycles. The Bertz CT molecular complexity index is 197. The van der Waals surface area contributed by atoms with Crippen molar-refractivity contribution >= 4 is 10.1 Å². The molecule has 2 unspecified atom stereocenters. The molecular formula is C5H12O5S. The van der Waals surface area contributed by atoms with E-state index in [2.05, 4.69) is 4.74 Å². The van der Waals surface area contributed by atoms with Crippen molar-refractivity contribution in [2.75, 3.05) is 0 Å². The molecule has 6 heteroatoms. The Morgan fingerprint density at radius 3 is 2.27 bits per heavy atom. The first-order valence-corrected chi connectivity index (χ1v) is 4.68. The van der Waals surface area contributed by atoms with Gasteiger partial charge in [0.15, 0.2) is 11.7 Å². The lowest BCUT2D eigenvalue weighted by Crippen LogP contribution is -2.25. The maximum absolute atomic E-state index is 10.3. The summed E-state index contributed by atoms with van der Waals surface area (Å²) in [5.74, 6) is 0. The quantitative estimate of drug-likeness (QED) is 0.473. The van der Waals surface area contributed by atoms with Gasteiger partial charge in [0, 0.05) is 0 Å². The Morgan fingerprint density at radius 1 is 1.55 bits per heavy atom. The summed E-state index contributed by atoms with van der Waals surface area (Å²) >= 11 is 0. The summed E-state index contributed by atoms with van der Waals surface area (Å²) in [7, 11) is -4.19. The molecule has 2 N–H and O–H groups in total. The summed E-state index contributed by atoms with van der Waals surface area (Å²) in [5, 5.41) is 8.79.